The van der Waals surface area contributed by atoms with Crippen molar-refractivity contribution in [1.82, 2.24) is 19.9 Å². The highest BCUT2D eigenvalue weighted by atomic mass is 19.1. The van der Waals surface area contributed by atoms with Gasteiger partial charge in [0.2, 0.25) is 17.8 Å². The van der Waals surface area contributed by atoms with Crippen LogP contribution in [0.1, 0.15) is 5.56 Å². The molecule has 2 heterocycles. The lowest BCUT2D eigenvalue weighted by Crippen LogP contribution is -2.17. The van der Waals surface area contributed by atoms with Crippen molar-refractivity contribution < 1.29 is 8.78 Å². The standard InChI is InChI=1S/C21H17F2N7/c22-15-1-5-17(6-2-15)30(18-7-3-16(23)4-8-18)21-28-19(24)27-20(29-21)26-13-14-9-11-25-12-10-14/h1-12H,13H2,(H3,24,26,27,28,29). The number of halogens is 2. The van der Waals surface area contributed by atoms with Gasteiger partial charge in [-0.1, -0.05) is 0 Å². The van der Waals surface area contributed by atoms with Gasteiger partial charge >= 0.3 is 0 Å². The minimum Gasteiger partial charge on any atom is -0.368 e. The summed E-state index contributed by atoms with van der Waals surface area (Å²) in [5.74, 6) is -0.284. The van der Waals surface area contributed by atoms with Gasteiger partial charge in [-0.05, 0) is 66.2 Å². The largest absolute Gasteiger partial charge is 0.368 e. The van der Waals surface area contributed by atoms with E-state index in [1.165, 1.54) is 24.3 Å². The van der Waals surface area contributed by atoms with Gasteiger partial charge in [0.05, 0.1) is 0 Å². The summed E-state index contributed by atoms with van der Waals surface area (Å²) in [5.41, 5.74) is 8.05. The van der Waals surface area contributed by atoms with Crippen molar-refractivity contribution in [3.8, 4) is 0 Å². The molecule has 0 aliphatic rings. The van der Waals surface area contributed by atoms with Gasteiger partial charge in [0, 0.05) is 30.3 Å². The second kappa shape index (κ2) is 8.48. The lowest BCUT2D eigenvalue weighted by atomic mass is 10.2. The van der Waals surface area contributed by atoms with Gasteiger partial charge in [-0.15, -0.1) is 0 Å². The highest BCUT2D eigenvalue weighted by molar-refractivity contribution is 5.73. The number of hydrogen-bond donors (Lipinski definition) is 2. The quantitative estimate of drug-likeness (QED) is 0.496. The molecule has 3 N–H and O–H groups in total. The Hall–Kier alpha value is -4.14. The zero-order valence-corrected chi connectivity index (χ0v) is 15.7. The van der Waals surface area contributed by atoms with E-state index in [9.17, 15) is 8.78 Å². The van der Waals surface area contributed by atoms with Crippen molar-refractivity contribution in [2.45, 2.75) is 6.54 Å². The number of anilines is 5. The van der Waals surface area contributed by atoms with E-state index in [2.05, 4.69) is 25.3 Å². The topological polar surface area (TPSA) is 92.8 Å². The molecule has 0 spiro atoms. The molecule has 0 fully saturated rings. The van der Waals surface area contributed by atoms with E-state index in [1.54, 1.807) is 41.6 Å². The summed E-state index contributed by atoms with van der Waals surface area (Å²) in [4.78, 5) is 18.4. The van der Waals surface area contributed by atoms with E-state index in [0.29, 0.717) is 17.9 Å². The fraction of sp³-hybridized carbons (Fsp3) is 0.0476. The second-order valence-electron chi connectivity index (χ2n) is 6.31. The smallest absolute Gasteiger partial charge is 0.241 e. The molecule has 2 aromatic carbocycles. The molecule has 7 nitrogen and oxygen atoms in total. The van der Waals surface area contributed by atoms with Crippen LogP contribution in [0.25, 0.3) is 0 Å². The molecule has 9 heteroatoms. The number of nitrogens with zero attached hydrogens (tertiary/aromatic N) is 5. The fourth-order valence-corrected chi connectivity index (χ4v) is 2.80. The maximum Gasteiger partial charge on any atom is 0.241 e. The van der Waals surface area contributed by atoms with Crippen LogP contribution >= 0.6 is 0 Å². The van der Waals surface area contributed by atoms with Crippen molar-refractivity contribution >= 4 is 29.2 Å². The molecule has 2 aromatic heterocycles. The number of pyridine rings is 1. The molecule has 4 aromatic rings. The highest BCUT2D eigenvalue weighted by Crippen LogP contribution is 2.32. The first-order valence-corrected chi connectivity index (χ1v) is 9.04. The van der Waals surface area contributed by atoms with E-state index in [0.717, 1.165) is 5.56 Å². The van der Waals surface area contributed by atoms with E-state index in [-0.39, 0.29) is 29.5 Å². The number of nitrogens with two attached hydrogens (primary N) is 1. The molecule has 30 heavy (non-hydrogen) atoms. The van der Waals surface area contributed by atoms with E-state index in [4.69, 9.17) is 5.73 Å². The highest BCUT2D eigenvalue weighted by Gasteiger charge is 2.17. The summed E-state index contributed by atoms with van der Waals surface area (Å²) in [7, 11) is 0. The molecule has 0 saturated heterocycles. The van der Waals surface area contributed by atoms with Crippen molar-refractivity contribution in [2.75, 3.05) is 16.0 Å². The third kappa shape index (κ3) is 4.46. The molecule has 4 rings (SSSR count). The van der Waals surface area contributed by atoms with Crippen LogP contribution in [-0.2, 0) is 6.54 Å². The van der Waals surface area contributed by atoms with Crippen molar-refractivity contribution in [3.63, 3.8) is 0 Å². The summed E-state index contributed by atoms with van der Waals surface area (Å²) in [6.07, 6.45) is 3.38. The van der Waals surface area contributed by atoms with Crippen LogP contribution in [0.5, 0.6) is 0 Å². The summed E-state index contributed by atoms with van der Waals surface area (Å²) in [6, 6.07) is 15.3. The average molecular weight is 405 g/mol. The lowest BCUT2D eigenvalue weighted by Gasteiger charge is -2.23. The maximum absolute atomic E-state index is 13.5. The number of benzene rings is 2. The zero-order chi connectivity index (χ0) is 20.9. The summed E-state index contributed by atoms with van der Waals surface area (Å²) in [6.45, 7) is 0.457. The van der Waals surface area contributed by atoms with Crippen molar-refractivity contribution in [1.29, 1.82) is 0 Å². The summed E-state index contributed by atoms with van der Waals surface area (Å²) < 4.78 is 26.9. The number of hydrogen-bond acceptors (Lipinski definition) is 7. The number of aromatic nitrogens is 4. The number of nitrogens with one attached hydrogen (secondary N) is 1. The molecule has 150 valence electrons. The predicted octanol–water partition coefficient (Wildman–Crippen LogP) is 4.21. The van der Waals surface area contributed by atoms with Gasteiger partial charge in [-0.3, -0.25) is 9.88 Å². The van der Waals surface area contributed by atoms with Crippen LogP contribution in [-0.4, -0.2) is 19.9 Å². The monoisotopic (exact) mass is 405 g/mol. The van der Waals surface area contributed by atoms with Gasteiger partial charge in [0.15, 0.2) is 0 Å². The van der Waals surface area contributed by atoms with Crippen LogP contribution in [0.2, 0.25) is 0 Å². The van der Waals surface area contributed by atoms with Crippen molar-refractivity contribution in [3.05, 3.63) is 90.3 Å². The molecule has 0 radical (unpaired) electrons. The van der Waals surface area contributed by atoms with Gasteiger partial charge in [0.1, 0.15) is 11.6 Å². The second-order valence-corrected chi connectivity index (χ2v) is 6.31. The van der Waals surface area contributed by atoms with E-state index >= 15 is 0 Å². The fourth-order valence-electron chi connectivity index (χ4n) is 2.80. The van der Waals surface area contributed by atoms with Crippen LogP contribution in [0.4, 0.5) is 38.0 Å². The van der Waals surface area contributed by atoms with Crippen LogP contribution in [0.3, 0.4) is 0 Å². The first-order chi connectivity index (χ1) is 14.6. The predicted molar refractivity (Wildman–Crippen MR) is 110 cm³/mol. The van der Waals surface area contributed by atoms with Crippen LogP contribution in [0.15, 0.2) is 73.1 Å². The molecular weight excluding hydrogens is 388 g/mol. The Balaban J connectivity index is 1.71. The van der Waals surface area contributed by atoms with Gasteiger partial charge < -0.3 is 11.1 Å². The summed E-state index contributed by atoms with van der Waals surface area (Å²) >= 11 is 0. The molecule has 0 atom stereocenters. The SMILES string of the molecule is Nc1nc(NCc2ccncc2)nc(N(c2ccc(F)cc2)c2ccc(F)cc2)n1. The normalized spacial score (nSPS) is 10.6. The van der Waals surface area contributed by atoms with Gasteiger partial charge in [-0.25, -0.2) is 8.78 Å². The molecule has 0 aliphatic carbocycles. The van der Waals surface area contributed by atoms with E-state index in [1.807, 2.05) is 12.1 Å². The molecule has 0 saturated carbocycles. The Bertz CT molecular complexity index is 1070. The van der Waals surface area contributed by atoms with Crippen molar-refractivity contribution in [2.24, 2.45) is 0 Å². The lowest BCUT2D eigenvalue weighted by molar-refractivity contribution is 0.628. The molecule has 0 amide bonds. The molecular formula is C21H17F2N7. The molecule has 0 aliphatic heterocycles. The Kier molecular flexibility index (Phi) is 5.42. The van der Waals surface area contributed by atoms with Crippen LogP contribution < -0.4 is 16.0 Å². The average Bonchev–Trinajstić information content (AvgIpc) is 2.76. The first kappa shape index (κ1) is 19.2. The Morgan fingerprint density at radius 1 is 0.767 bits per heavy atom. The first-order valence-electron chi connectivity index (χ1n) is 9.04. The minimum absolute atomic E-state index is 0.00597. The summed E-state index contributed by atoms with van der Waals surface area (Å²) in [5, 5.41) is 3.10. The van der Waals surface area contributed by atoms with Gasteiger partial charge in [0.25, 0.3) is 0 Å². The maximum atomic E-state index is 13.5. The molecule has 0 unspecified atom stereocenters. The zero-order valence-electron chi connectivity index (χ0n) is 15.7. The number of nitrogen functional groups attached to an aromatic ring is 1. The number of rotatable bonds is 6. The van der Waals surface area contributed by atoms with E-state index < -0.39 is 0 Å². The van der Waals surface area contributed by atoms with Crippen LogP contribution in [0, 0.1) is 11.6 Å². The Labute approximate surface area is 171 Å². The Morgan fingerprint density at radius 2 is 1.33 bits per heavy atom. The Morgan fingerprint density at radius 3 is 1.90 bits per heavy atom. The van der Waals surface area contributed by atoms with Gasteiger partial charge in [-0.2, -0.15) is 15.0 Å². The third-order valence-electron chi connectivity index (χ3n) is 4.21. The minimum atomic E-state index is -0.382. The third-order valence-corrected chi connectivity index (χ3v) is 4.21. The molecule has 0 bridgehead atoms.